The molecule has 0 fully saturated rings. The lowest BCUT2D eigenvalue weighted by Crippen LogP contribution is -2.43. The molecule has 5 nitrogen and oxygen atoms in total. The van der Waals surface area contributed by atoms with Crippen LogP contribution in [0.5, 0.6) is 0 Å². The van der Waals surface area contributed by atoms with Crippen molar-refractivity contribution in [2.45, 2.75) is 6.17 Å². The van der Waals surface area contributed by atoms with Gasteiger partial charge in [0.25, 0.3) is 5.91 Å². The summed E-state index contributed by atoms with van der Waals surface area (Å²) in [4.78, 5) is 14.7. The third-order valence-corrected chi connectivity index (χ3v) is 3.78. The summed E-state index contributed by atoms with van der Waals surface area (Å²) in [7, 11) is 0. The Kier molecular flexibility index (Phi) is 2.89. The molecular formula is C17H14N4O. The van der Waals surface area contributed by atoms with Gasteiger partial charge < -0.3 is 5.32 Å². The number of hydrogen-bond donors (Lipinski definition) is 2. The smallest absolute Gasteiger partial charge is 0.262 e. The largest absolute Gasteiger partial charge is 0.359 e. The number of aromatic nitrogens is 2. The molecule has 0 aliphatic carbocycles. The van der Waals surface area contributed by atoms with Crippen LogP contribution in [0, 0.1) is 0 Å². The van der Waals surface area contributed by atoms with E-state index in [9.17, 15) is 4.79 Å². The van der Waals surface area contributed by atoms with Gasteiger partial charge in [-0.25, -0.2) is 0 Å². The van der Waals surface area contributed by atoms with Gasteiger partial charge in [0.15, 0.2) is 0 Å². The predicted molar refractivity (Wildman–Crippen MR) is 84.6 cm³/mol. The van der Waals surface area contributed by atoms with E-state index in [-0.39, 0.29) is 12.1 Å². The van der Waals surface area contributed by atoms with Gasteiger partial charge in [-0.3, -0.25) is 14.8 Å². The van der Waals surface area contributed by atoms with Gasteiger partial charge in [0, 0.05) is 17.6 Å². The number of para-hydroxylation sites is 2. The first-order chi connectivity index (χ1) is 10.8. The maximum Gasteiger partial charge on any atom is 0.262 e. The minimum atomic E-state index is -0.313. The Labute approximate surface area is 127 Å². The van der Waals surface area contributed by atoms with Crippen molar-refractivity contribution in [1.82, 2.24) is 10.2 Å². The number of nitrogens with one attached hydrogen (secondary N) is 2. The topological polar surface area (TPSA) is 61.0 Å². The maximum atomic E-state index is 13.0. The Morgan fingerprint density at radius 1 is 0.955 bits per heavy atom. The molecule has 108 valence electrons. The molecule has 0 saturated heterocycles. The molecule has 1 amide bonds. The third-order valence-electron chi connectivity index (χ3n) is 3.78. The minimum Gasteiger partial charge on any atom is -0.359 e. The number of benzene rings is 2. The quantitative estimate of drug-likeness (QED) is 0.762. The Morgan fingerprint density at radius 2 is 1.73 bits per heavy atom. The summed E-state index contributed by atoms with van der Waals surface area (Å²) in [6.45, 7) is 0. The second-order valence-electron chi connectivity index (χ2n) is 5.12. The number of carbonyl (C=O) groups excluding carboxylic acids is 1. The van der Waals surface area contributed by atoms with Crippen LogP contribution in [0.15, 0.2) is 66.9 Å². The molecule has 1 aromatic heterocycles. The molecule has 22 heavy (non-hydrogen) atoms. The van der Waals surface area contributed by atoms with Gasteiger partial charge in [0.05, 0.1) is 11.3 Å². The molecule has 0 spiro atoms. The molecule has 2 N–H and O–H groups in total. The number of amides is 1. The summed E-state index contributed by atoms with van der Waals surface area (Å²) < 4.78 is 0. The molecule has 0 unspecified atom stereocenters. The van der Waals surface area contributed by atoms with Gasteiger partial charge in [-0.15, -0.1) is 0 Å². The number of aromatic amines is 1. The summed E-state index contributed by atoms with van der Waals surface area (Å²) >= 11 is 0. The van der Waals surface area contributed by atoms with Crippen molar-refractivity contribution in [1.29, 1.82) is 0 Å². The summed E-state index contributed by atoms with van der Waals surface area (Å²) in [5.74, 6) is -0.0276. The molecule has 3 aromatic rings. The molecule has 4 rings (SSSR count). The fourth-order valence-electron chi connectivity index (χ4n) is 2.75. The Morgan fingerprint density at radius 3 is 2.50 bits per heavy atom. The SMILES string of the molecule is O=C1c2ccccc2N[C@H](c2ccn[nH]2)N1c1ccccc1. The number of hydrogen-bond acceptors (Lipinski definition) is 3. The van der Waals surface area contributed by atoms with Crippen LogP contribution in [-0.2, 0) is 0 Å². The number of rotatable bonds is 2. The lowest BCUT2D eigenvalue weighted by molar-refractivity contribution is 0.0974. The van der Waals surface area contributed by atoms with Crippen LogP contribution in [0.3, 0.4) is 0 Å². The molecule has 0 radical (unpaired) electrons. The van der Waals surface area contributed by atoms with E-state index in [0.717, 1.165) is 17.1 Å². The van der Waals surface area contributed by atoms with E-state index >= 15 is 0 Å². The lowest BCUT2D eigenvalue weighted by atomic mass is 10.1. The maximum absolute atomic E-state index is 13.0. The van der Waals surface area contributed by atoms with Crippen LogP contribution in [0.25, 0.3) is 0 Å². The van der Waals surface area contributed by atoms with Crippen molar-refractivity contribution >= 4 is 17.3 Å². The first kappa shape index (κ1) is 12.6. The third kappa shape index (κ3) is 1.95. The number of H-pyrrole nitrogens is 1. The summed E-state index contributed by atoms with van der Waals surface area (Å²) in [6, 6.07) is 19.1. The van der Waals surface area contributed by atoms with Crippen LogP contribution >= 0.6 is 0 Å². The molecule has 0 bridgehead atoms. The van der Waals surface area contributed by atoms with Crippen LogP contribution in [0.2, 0.25) is 0 Å². The van der Waals surface area contributed by atoms with E-state index in [1.165, 1.54) is 0 Å². The highest BCUT2D eigenvalue weighted by atomic mass is 16.2. The zero-order valence-corrected chi connectivity index (χ0v) is 11.7. The number of nitrogens with zero attached hydrogens (tertiary/aromatic N) is 2. The van der Waals surface area contributed by atoms with Crippen LogP contribution in [0.4, 0.5) is 11.4 Å². The van der Waals surface area contributed by atoms with Gasteiger partial charge in [-0.2, -0.15) is 5.10 Å². The van der Waals surface area contributed by atoms with E-state index in [1.54, 1.807) is 11.1 Å². The Hall–Kier alpha value is -3.08. The van der Waals surface area contributed by atoms with Gasteiger partial charge in [-0.1, -0.05) is 30.3 Å². The van der Waals surface area contributed by atoms with Crippen molar-refractivity contribution in [3.63, 3.8) is 0 Å². The van der Waals surface area contributed by atoms with Crippen molar-refractivity contribution in [2.75, 3.05) is 10.2 Å². The molecule has 2 heterocycles. The van der Waals surface area contributed by atoms with Gasteiger partial charge in [0.1, 0.15) is 6.17 Å². The number of anilines is 2. The fraction of sp³-hybridized carbons (Fsp3) is 0.0588. The average molecular weight is 290 g/mol. The number of carbonyl (C=O) groups is 1. The second-order valence-corrected chi connectivity index (χ2v) is 5.12. The van der Waals surface area contributed by atoms with Crippen molar-refractivity contribution in [3.8, 4) is 0 Å². The van der Waals surface area contributed by atoms with Crippen molar-refractivity contribution in [3.05, 3.63) is 78.1 Å². The van der Waals surface area contributed by atoms with Crippen LogP contribution in [-0.4, -0.2) is 16.1 Å². The first-order valence-corrected chi connectivity index (χ1v) is 7.08. The van der Waals surface area contributed by atoms with Gasteiger partial charge >= 0.3 is 0 Å². The molecular weight excluding hydrogens is 276 g/mol. The highest BCUT2D eigenvalue weighted by Gasteiger charge is 2.34. The normalized spacial score (nSPS) is 17.0. The van der Waals surface area contributed by atoms with E-state index < -0.39 is 0 Å². The fourth-order valence-corrected chi connectivity index (χ4v) is 2.75. The zero-order valence-electron chi connectivity index (χ0n) is 11.7. The summed E-state index contributed by atoms with van der Waals surface area (Å²) in [5.41, 5.74) is 3.18. The Balaban J connectivity index is 1.87. The second kappa shape index (κ2) is 5.04. The van der Waals surface area contributed by atoms with Crippen molar-refractivity contribution in [2.24, 2.45) is 0 Å². The summed E-state index contributed by atoms with van der Waals surface area (Å²) in [5, 5.41) is 10.4. The molecule has 1 aliphatic heterocycles. The average Bonchev–Trinajstić information content (AvgIpc) is 3.10. The van der Waals surface area contributed by atoms with Crippen molar-refractivity contribution < 1.29 is 4.79 Å². The van der Waals surface area contributed by atoms with E-state index in [1.807, 2.05) is 60.7 Å². The highest BCUT2D eigenvalue weighted by Crippen LogP contribution is 2.35. The lowest BCUT2D eigenvalue weighted by Gasteiger charge is -2.37. The molecule has 0 saturated carbocycles. The van der Waals surface area contributed by atoms with E-state index in [0.29, 0.717) is 5.56 Å². The van der Waals surface area contributed by atoms with Gasteiger partial charge in [-0.05, 0) is 30.3 Å². The van der Waals surface area contributed by atoms with Crippen LogP contribution in [0.1, 0.15) is 22.2 Å². The highest BCUT2D eigenvalue weighted by molar-refractivity contribution is 6.12. The van der Waals surface area contributed by atoms with Crippen LogP contribution < -0.4 is 10.2 Å². The number of fused-ring (bicyclic) bond motifs is 1. The molecule has 5 heteroatoms. The summed E-state index contributed by atoms with van der Waals surface area (Å²) in [6.07, 6.45) is 1.37. The first-order valence-electron chi connectivity index (χ1n) is 7.08. The Bertz CT molecular complexity index is 799. The minimum absolute atomic E-state index is 0.0276. The van der Waals surface area contributed by atoms with Gasteiger partial charge in [0.2, 0.25) is 0 Å². The molecule has 2 aromatic carbocycles. The molecule has 1 aliphatic rings. The standard InChI is InChI=1S/C17H14N4O/c22-17-13-8-4-5-9-14(13)19-16(15-10-11-18-20-15)21(17)12-6-2-1-3-7-12/h1-11,16,19H,(H,18,20)/t16-/m0/s1. The monoisotopic (exact) mass is 290 g/mol. The molecule has 1 atom stereocenters. The zero-order chi connectivity index (χ0) is 14.9. The van der Waals surface area contributed by atoms with E-state index in [2.05, 4.69) is 15.5 Å². The van der Waals surface area contributed by atoms with E-state index in [4.69, 9.17) is 0 Å². The predicted octanol–water partition coefficient (Wildman–Crippen LogP) is 3.18.